The highest BCUT2D eigenvalue weighted by Gasteiger charge is 2.15. The smallest absolute Gasteiger partial charge is 0.282 e. The van der Waals surface area contributed by atoms with Crippen LogP contribution in [0, 0.1) is 0 Å². The molecular weight excluding hydrogens is 470 g/mol. The van der Waals surface area contributed by atoms with Gasteiger partial charge in [0.25, 0.3) is 5.56 Å². The number of hydrogen-bond acceptors (Lipinski definition) is 8. The Kier molecular flexibility index (Phi) is 6.75. The fraction of sp³-hybridized carbons (Fsp3) is 0.231. The summed E-state index contributed by atoms with van der Waals surface area (Å²) < 4.78 is 1.65. The number of fused-ring (bicyclic) bond motifs is 1. The predicted molar refractivity (Wildman–Crippen MR) is 139 cm³/mol. The Balaban J connectivity index is 1.51. The number of carbonyl (C=O) groups is 1. The molecule has 0 saturated carbocycles. The Morgan fingerprint density at radius 3 is 2.54 bits per heavy atom. The van der Waals surface area contributed by atoms with E-state index in [0.29, 0.717) is 24.6 Å². The molecule has 2 N–H and O–H groups in total. The van der Waals surface area contributed by atoms with Crippen LogP contribution in [0.1, 0.15) is 38.1 Å². The third kappa shape index (κ3) is 5.10. The molecule has 3 aromatic heterocycles. The molecule has 0 saturated heterocycles. The van der Waals surface area contributed by atoms with Crippen LogP contribution < -0.4 is 10.9 Å². The van der Waals surface area contributed by atoms with Gasteiger partial charge in [0, 0.05) is 18.9 Å². The van der Waals surface area contributed by atoms with Gasteiger partial charge >= 0.3 is 0 Å². The average Bonchev–Trinajstić information content (AvgIpc) is 3.45. The van der Waals surface area contributed by atoms with Crippen LogP contribution in [-0.2, 0) is 17.8 Å². The zero-order valence-electron chi connectivity index (χ0n) is 20.5. The third-order valence-electron chi connectivity index (χ3n) is 5.92. The Hall–Kier alpha value is -4.80. The molecule has 37 heavy (non-hydrogen) atoms. The zero-order valence-corrected chi connectivity index (χ0v) is 20.5. The highest BCUT2D eigenvalue weighted by molar-refractivity contribution is 5.88. The van der Waals surface area contributed by atoms with Gasteiger partial charge in [0.2, 0.25) is 11.7 Å². The fourth-order valence-corrected chi connectivity index (χ4v) is 4.14. The second-order valence-electron chi connectivity index (χ2n) is 8.61. The summed E-state index contributed by atoms with van der Waals surface area (Å²) in [5, 5.41) is 17.0. The summed E-state index contributed by atoms with van der Waals surface area (Å²) in [7, 11) is 0. The summed E-state index contributed by atoms with van der Waals surface area (Å²) in [5.74, 6) is 1.11. The van der Waals surface area contributed by atoms with E-state index in [4.69, 9.17) is 0 Å². The van der Waals surface area contributed by atoms with E-state index < -0.39 is 0 Å². The first-order valence-corrected chi connectivity index (χ1v) is 12.0. The predicted octanol–water partition coefficient (Wildman–Crippen LogP) is 3.38. The van der Waals surface area contributed by atoms with Crippen LogP contribution in [0.5, 0.6) is 0 Å². The van der Waals surface area contributed by atoms with Gasteiger partial charge in [-0.3, -0.25) is 14.2 Å². The van der Waals surface area contributed by atoms with E-state index >= 15 is 0 Å². The Labute approximate surface area is 212 Å². The van der Waals surface area contributed by atoms with Crippen LogP contribution >= 0.6 is 0 Å². The van der Waals surface area contributed by atoms with Crippen molar-refractivity contribution >= 4 is 22.9 Å². The van der Waals surface area contributed by atoms with Crippen molar-refractivity contribution in [2.24, 2.45) is 0 Å². The number of rotatable bonds is 8. The molecule has 0 aliphatic heterocycles. The van der Waals surface area contributed by atoms with E-state index in [0.717, 1.165) is 35.1 Å². The number of nitrogens with one attached hydrogen (secondary N) is 2. The minimum atomic E-state index is -0.290. The van der Waals surface area contributed by atoms with Gasteiger partial charge in [0.1, 0.15) is 5.82 Å². The molecule has 0 radical (unpaired) electrons. The fourth-order valence-electron chi connectivity index (χ4n) is 4.14. The number of unbranched alkanes of at least 4 members (excludes halogenated alkanes) is 1. The summed E-state index contributed by atoms with van der Waals surface area (Å²) in [4.78, 5) is 38.2. The van der Waals surface area contributed by atoms with Gasteiger partial charge < -0.3 is 5.32 Å². The normalized spacial score (nSPS) is 11.1. The maximum atomic E-state index is 13.5. The molecule has 5 aromatic rings. The first-order chi connectivity index (χ1) is 18.0. The number of hydrogen-bond donors (Lipinski definition) is 2. The van der Waals surface area contributed by atoms with Gasteiger partial charge in [-0.2, -0.15) is 5.21 Å². The van der Waals surface area contributed by atoms with E-state index in [1.807, 2.05) is 48.5 Å². The highest BCUT2D eigenvalue weighted by atomic mass is 16.1. The second kappa shape index (κ2) is 10.4. The van der Waals surface area contributed by atoms with Gasteiger partial charge in [-0.05, 0) is 28.3 Å². The van der Waals surface area contributed by atoms with Crippen molar-refractivity contribution in [3.8, 4) is 22.5 Å². The van der Waals surface area contributed by atoms with Gasteiger partial charge in [-0.15, -0.1) is 10.2 Å². The van der Waals surface area contributed by atoms with Crippen molar-refractivity contribution in [1.29, 1.82) is 0 Å². The molecule has 0 bridgehead atoms. The molecule has 0 atom stereocenters. The van der Waals surface area contributed by atoms with Gasteiger partial charge in [-0.25, -0.2) is 15.0 Å². The van der Waals surface area contributed by atoms with E-state index in [2.05, 4.69) is 47.8 Å². The van der Waals surface area contributed by atoms with Crippen molar-refractivity contribution in [1.82, 2.24) is 40.1 Å². The summed E-state index contributed by atoms with van der Waals surface area (Å²) >= 11 is 0. The van der Waals surface area contributed by atoms with Gasteiger partial charge in [-0.1, -0.05) is 61.9 Å². The number of nitrogens with zero attached hydrogens (tertiary/aromatic N) is 7. The van der Waals surface area contributed by atoms with Crippen LogP contribution in [0.2, 0.25) is 0 Å². The molecule has 0 spiro atoms. The van der Waals surface area contributed by atoms with Crippen molar-refractivity contribution in [2.75, 3.05) is 5.32 Å². The number of tetrazole rings is 1. The van der Waals surface area contributed by atoms with Crippen LogP contribution in [-0.4, -0.2) is 46.1 Å². The molecule has 1 amide bonds. The van der Waals surface area contributed by atoms with Crippen LogP contribution in [0.25, 0.3) is 33.7 Å². The topological polar surface area (TPSA) is 144 Å². The molecule has 0 unspecified atom stereocenters. The third-order valence-corrected chi connectivity index (χ3v) is 5.92. The number of amides is 1. The quantitative estimate of drug-likeness (QED) is 0.333. The summed E-state index contributed by atoms with van der Waals surface area (Å²) in [6.45, 7) is 3.80. The number of anilines is 1. The average molecular weight is 496 g/mol. The van der Waals surface area contributed by atoms with Crippen LogP contribution in [0.4, 0.5) is 5.82 Å². The van der Waals surface area contributed by atoms with Crippen molar-refractivity contribution in [3.05, 3.63) is 76.5 Å². The van der Waals surface area contributed by atoms with E-state index in [1.54, 1.807) is 4.57 Å². The molecule has 0 fully saturated rings. The molecule has 186 valence electrons. The maximum Gasteiger partial charge on any atom is 0.282 e. The Morgan fingerprint density at radius 2 is 1.84 bits per heavy atom. The van der Waals surface area contributed by atoms with E-state index in [9.17, 15) is 9.59 Å². The highest BCUT2D eigenvalue weighted by Crippen LogP contribution is 2.29. The molecule has 11 nitrogen and oxygen atoms in total. The molecule has 0 aliphatic rings. The number of H-pyrrole nitrogens is 1. The lowest BCUT2D eigenvalue weighted by Crippen LogP contribution is -2.27. The number of aromatic nitrogens is 8. The number of aryl methyl sites for hydroxylation is 1. The second-order valence-corrected chi connectivity index (χ2v) is 8.61. The Morgan fingerprint density at radius 1 is 1.05 bits per heavy atom. The first kappa shape index (κ1) is 23.9. The molecular formula is C26H25N9O2. The minimum Gasteiger partial charge on any atom is -0.310 e. The lowest BCUT2D eigenvalue weighted by Gasteiger charge is -2.14. The summed E-state index contributed by atoms with van der Waals surface area (Å²) in [6.07, 6.45) is 3.92. The molecule has 2 aromatic carbocycles. The zero-order chi connectivity index (χ0) is 25.8. The molecule has 5 rings (SSSR count). The number of benzene rings is 2. The lowest BCUT2D eigenvalue weighted by molar-refractivity contribution is -0.114. The van der Waals surface area contributed by atoms with Crippen molar-refractivity contribution in [2.45, 2.75) is 39.7 Å². The first-order valence-electron chi connectivity index (χ1n) is 12.0. The lowest BCUT2D eigenvalue weighted by atomic mass is 9.98. The largest absolute Gasteiger partial charge is 0.310 e. The van der Waals surface area contributed by atoms with Gasteiger partial charge in [0.05, 0.1) is 12.7 Å². The van der Waals surface area contributed by atoms with Crippen LogP contribution in [0.15, 0.2) is 59.5 Å². The van der Waals surface area contributed by atoms with E-state index in [-0.39, 0.29) is 28.4 Å². The standard InChI is InChI=1S/C26H25N9O2/c1-3-4-9-22-30-25-23(29-21(14-27-25)28-16(2)36)26(37)35(22)15-17-10-12-18(13-11-17)19-7-5-6-8-20(19)24-31-33-34-32-24/h5-8,10-14H,3-4,9,15H2,1-2H3,(H,28,29,36)(H,31,32,33,34). The maximum absolute atomic E-state index is 13.5. The van der Waals surface area contributed by atoms with Crippen molar-refractivity contribution in [3.63, 3.8) is 0 Å². The molecule has 3 heterocycles. The minimum absolute atomic E-state index is 0.122. The summed E-state index contributed by atoms with van der Waals surface area (Å²) in [6, 6.07) is 15.8. The van der Waals surface area contributed by atoms with Gasteiger partial charge in [0.15, 0.2) is 17.0 Å². The van der Waals surface area contributed by atoms with Crippen molar-refractivity contribution < 1.29 is 4.79 Å². The number of carbonyl (C=O) groups excluding carboxylic acids is 1. The Bertz CT molecular complexity index is 1610. The number of aromatic amines is 1. The molecule has 11 heteroatoms. The van der Waals surface area contributed by atoms with E-state index in [1.165, 1.54) is 13.1 Å². The van der Waals surface area contributed by atoms with Crippen LogP contribution in [0.3, 0.4) is 0 Å². The summed E-state index contributed by atoms with van der Waals surface area (Å²) in [5.41, 5.74) is 3.88. The molecule has 0 aliphatic carbocycles. The SMILES string of the molecule is CCCCc1nc2ncc(NC(C)=O)nc2c(=O)n1Cc1ccc(-c2ccccc2-c2nn[nH]n2)cc1. The monoisotopic (exact) mass is 495 g/mol.